The first-order valence-corrected chi connectivity index (χ1v) is 14.1. The molecule has 4 heterocycles. The third kappa shape index (κ3) is 6.75. The third-order valence-electron chi connectivity index (χ3n) is 6.69. The Balaban J connectivity index is 1.43. The molecular formula is C24H32ClN5O4S. The van der Waals surface area contributed by atoms with Gasteiger partial charge in [0.25, 0.3) is 0 Å². The highest BCUT2D eigenvalue weighted by Crippen LogP contribution is 2.28. The van der Waals surface area contributed by atoms with Gasteiger partial charge in [0.2, 0.25) is 10.0 Å². The molecule has 0 aliphatic carbocycles. The number of ketones is 1. The maximum Gasteiger partial charge on any atom is 0.213 e. The van der Waals surface area contributed by atoms with Gasteiger partial charge in [-0.05, 0) is 44.6 Å². The van der Waals surface area contributed by atoms with Crippen LogP contribution in [-0.4, -0.2) is 72.1 Å². The van der Waals surface area contributed by atoms with Gasteiger partial charge in [0.15, 0.2) is 0 Å². The molecule has 2 aliphatic rings. The van der Waals surface area contributed by atoms with Crippen molar-refractivity contribution >= 4 is 33.2 Å². The van der Waals surface area contributed by atoms with Gasteiger partial charge in [0, 0.05) is 62.6 Å². The minimum atomic E-state index is -3.30. The molecule has 4 rings (SSSR count). The molecule has 0 radical (unpaired) electrons. The summed E-state index contributed by atoms with van der Waals surface area (Å²) in [6, 6.07) is 1.77. The van der Waals surface area contributed by atoms with Gasteiger partial charge in [-0.25, -0.2) is 17.7 Å². The van der Waals surface area contributed by atoms with Crippen molar-refractivity contribution in [3.05, 3.63) is 35.4 Å². The molecule has 0 saturated carbocycles. The topological polar surface area (TPSA) is 114 Å². The number of sulfonamides is 1. The van der Waals surface area contributed by atoms with Crippen molar-refractivity contribution in [1.29, 1.82) is 0 Å². The molecule has 0 bridgehead atoms. The minimum absolute atomic E-state index is 0.0141. The summed E-state index contributed by atoms with van der Waals surface area (Å²) in [5, 5.41) is 3.79. The number of hydrogen-bond donors (Lipinski definition) is 1. The first kappa shape index (κ1) is 25.9. The van der Waals surface area contributed by atoms with Crippen molar-refractivity contribution in [2.75, 3.05) is 43.9 Å². The lowest BCUT2D eigenvalue weighted by Gasteiger charge is -2.30. The van der Waals surface area contributed by atoms with Gasteiger partial charge in [-0.15, -0.1) is 0 Å². The lowest BCUT2D eigenvalue weighted by Crippen LogP contribution is -2.43. The van der Waals surface area contributed by atoms with Crippen LogP contribution >= 0.6 is 11.6 Å². The van der Waals surface area contributed by atoms with Gasteiger partial charge >= 0.3 is 0 Å². The van der Waals surface area contributed by atoms with Crippen LogP contribution in [0.2, 0.25) is 5.02 Å². The predicted octanol–water partition coefficient (Wildman–Crippen LogP) is 3.20. The van der Waals surface area contributed by atoms with E-state index < -0.39 is 10.0 Å². The minimum Gasteiger partial charge on any atom is -0.381 e. The summed E-state index contributed by atoms with van der Waals surface area (Å²) < 4.78 is 31.3. The van der Waals surface area contributed by atoms with Crippen molar-refractivity contribution in [2.45, 2.75) is 39.0 Å². The van der Waals surface area contributed by atoms with Gasteiger partial charge in [-0.2, -0.15) is 0 Å². The van der Waals surface area contributed by atoms with E-state index in [4.69, 9.17) is 16.3 Å². The summed E-state index contributed by atoms with van der Waals surface area (Å²) in [6.45, 7) is 4.72. The van der Waals surface area contributed by atoms with Crippen LogP contribution in [0.4, 0.5) is 5.82 Å². The Morgan fingerprint density at radius 3 is 2.80 bits per heavy atom. The molecule has 0 spiro atoms. The Bertz CT molecular complexity index is 1140. The summed E-state index contributed by atoms with van der Waals surface area (Å²) in [4.78, 5) is 26.3. The highest BCUT2D eigenvalue weighted by Gasteiger charge is 2.31. The Morgan fingerprint density at radius 1 is 1.23 bits per heavy atom. The fraction of sp³-hybridized carbons (Fsp3) is 0.583. The summed E-state index contributed by atoms with van der Waals surface area (Å²) in [5.41, 5.74) is 1.83. The number of nitrogens with one attached hydrogen (secondary N) is 1. The van der Waals surface area contributed by atoms with Crippen LogP contribution in [0.25, 0.3) is 11.3 Å². The second kappa shape index (κ2) is 11.7. The maximum absolute atomic E-state index is 13.0. The van der Waals surface area contributed by atoms with Crippen LogP contribution in [0.5, 0.6) is 0 Å². The molecular weight excluding hydrogens is 490 g/mol. The summed E-state index contributed by atoms with van der Waals surface area (Å²) >= 11 is 6.43. The molecule has 2 aromatic heterocycles. The molecule has 9 nitrogen and oxygen atoms in total. The lowest BCUT2D eigenvalue weighted by molar-refractivity contribution is -0.123. The highest BCUT2D eigenvalue weighted by molar-refractivity contribution is 7.89. The second-order valence-electron chi connectivity index (χ2n) is 9.12. The molecule has 11 heteroatoms. The van der Waals surface area contributed by atoms with Crippen LogP contribution in [0, 0.1) is 11.8 Å². The van der Waals surface area contributed by atoms with Crippen molar-refractivity contribution in [1.82, 2.24) is 19.3 Å². The van der Waals surface area contributed by atoms with E-state index in [0.29, 0.717) is 53.1 Å². The largest absolute Gasteiger partial charge is 0.381 e. The monoisotopic (exact) mass is 521 g/mol. The van der Waals surface area contributed by atoms with E-state index >= 15 is 0 Å². The van der Waals surface area contributed by atoms with E-state index in [2.05, 4.69) is 20.3 Å². The fourth-order valence-electron chi connectivity index (χ4n) is 4.52. The van der Waals surface area contributed by atoms with Crippen molar-refractivity contribution in [3.8, 4) is 11.3 Å². The molecule has 1 N–H and O–H groups in total. The first-order chi connectivity index (χ1) is 16.9. The molecule has 35 heavy (non-hydrogen) atoms. The normalized spacial score (nSPS) is 20.0. The van der Waals surface area contributed by atoms with Crippen LogP contribution in [0.15, 0.2) is 24.7 Å². The van der Waals surface area contributed by atoms with Gasteiger partial charge in [-0.3, -0.25) is 14.8 Å². The zero-order chi connectivity index (χ0) is 24.8. The Kier molecular flexibility index (Phi) is 8.69. The SMILES string of the molecule is CCS(=O)(=O)N1CCC[C@H](C(=O)Cc2cc(-c3cncc(NCC4CCOCC4)n3)c(Cl)cn2)C1. The van der Waals surface area contributed by atoms with Gasteiger partial charge in [0.05, 0.1) is 28.9 Å². The zero-order valence-corrected chi connectivity index (χ0v) is 21.5. The number of piperidine rings is 1. The molecule has 2 saturated heterocycles. The van der Waals surface area contributed by atoms with Crippen LogP contribution in [0.3, 0.4) is 0 Å². The molecule has 2 aliphatic heterocycles. The number of Topliss-reactive ketones (excluding diaryl/α,β-unsaturated/α-hetero) is 1. The summed E-state index contributed by atoms with van der Waals surface area (Å²) in [6.07, 6.45) is 8.37. The van der Waals surface area contributed by atoms with E-state index in [9.17, 15) is 13.2 Å². The number of nitrogens with zero attached hydrogens (tertiary/aromatic N) is 4. The number of aromatic nitrogens is 3. The predicted molar refractivity (Wildman–Crippen MR) is 135 cm³/mol. The van der Waals surface area contributed by atoms with Crippen molar-refractivity contribution in [2.24, 2.45) is 11.8 Å². The Hall–Kier alpha value is -2.14. The number of rotatable bonds is 9. The molecule has 2 fully saturated rings. The second-order valence-corrected chi connectivity index (χ2v) is 11.8. The quantitative estimate of drug-likeness (QED) is 0.535. The highest BCUT2D eigenvalue weighted by atomic mass is 35.5. The number of anilines is 1. The average Bonchev–Trinajstić information content (AvgIpc) is 2.89. The Morgan fingerprint density at radius 2 is 2.03 bits per heavy atom. The van der Waals surface area contributed by atoms with Crippen molar-refractivity contribution < 1.29 is 17.9 Å². The van der Waals surface area contributed by atoms with E-state index in [-0.39, 0.29) is 30.4 Å². The summed E-state index contributed by atoms with van der Waals surface area (Å²) in [5.74, 6) is 0.904. The van der Waals surface area contributed by atoms with Crippen LogP contribution in [0.1, 0.15) is 38.3 Å². The fourth-order valence-corrected chi connectivity index (χ4v) is 5.90. The van der Waals surface area contributed by atoms with Crippen LogP contribution in [-0.2, 0) is 26.0 Å². The number of carbonyl (C=O) groups is 1. The number of halogens is 1. The number of pyridine rings is 1. The average molecular weight is 522 g/mol. The number of ether oxygens (including phenoxy) is 1. The number of hydrogen-bond acceptors (Lipinski definition) is 8. The Labute approximate surface area is 211 Å². The van der Waals surface area contributed by atoms with Gasteiger partial charge in [-0.1, -0.05) is 11.6 Å². The lowest BCUT2D eigenvalue weighted by atomic mass is 9.92. The van der Waals surface area contributed by atoms with E-state index in [0.717, 1.165) is 32.6 Å². The van der Waals surface area contributed by atoms with E-state index in [1.807, 2.05) is 0 Å². The standard InChI is InChI=1S/C24H32ClN5O4S/c1-2-35(32,33)30-7-3-4-18(16-30)23(31)11-19-10-20(21(25)13-27-19)22-14-26-15-24(29-22)28-12-17-5-8-34-9-6-17/h10,13-15,17-18H,2-9,11-12,16H2,1H3,(H,28,29)/t18-/m0/s1. The van der Waals surface area contributed by atoms with Gasteiger partial charge in [0.1, 0.15) is 11.6 Å². The molecule has 1 atom stereocenters. The molecule has 0 aromatic carbocycles. The van der Waals surface area contributed by atoms with E-state index in [1.165, 1.54) is 10.5 Å². The van der Waals surface area contributed by atoms with Crippen LogP contribution < -0.4 is 5.32 Å². The molecule has 0 unspecified atom stereocenters. The molecule has 2 aromatic rings. The smallest absolute Gasteiger partial charge is 0.213 e. The van der Waals surface area contributed by atoms with E-state index in [1.54, 1.807) is 25.4 Å². The third-order valence-corrected chi connectivity index (χ3v) is 8.84. The summed E-state index contributed by atoms with van der Waals surface area (Å²) in [7, 11) is -3.30. The number of carbonyl (C=O) groups excluding carboxylic acids is 1. The maximum atomic E-state index is 13.0. The molecule has 0 amide bonds. The first-order valence-electron chi connectivity index (χ1n) is 12.1. The van der Waals surface area contributed by atoms with Crippen molar-refractivity contribution in [3.63, 3.8) is 0 Å². The molecule has 190 valence electrons. The van der Waals surface area contributed by atoms with Gasteiger partial charge < -0.3 is 10.1 Å². The zero-order valence-electron chi connectivity index (χ0n) is 20.0.